The first kappa shape index (κ1) is 53.0. The maximum atomic E-state index is 15.4. The zero-order valence-corrected chi connectivity index (χ0v) is 41.9. The molecule has 1 fully saturated rings. The highest BCUT2D eigenvalue weighted by atomic mass is 19.1. The number of hydrogen-bond acceptors (Lipinski definition) is 13. The number of likely N-dealkylation sites (tertiary alicyclic amines) is 1. The number of esters is 1. The molecule has 4 aliphatic rings. The number of pyridine rings is 2. The van der Waals surface area contributed by atoms with Crippen LogP contribution in [0.1, 0.15) is 136 Å². The quantitative estimate of drug-likeness (QED) is 0.0526. The number of aliphatic hydroxyl groups is 1. The molecule has 5 heterocycles. The molecule has 5 amide bonds. The Morgan fingerprint density at radius 1 is 0.892 bits per heavy atom. The lowest BCUT2D eigenvalue weighted by molar-refractivity contribution is -0.172. The van der Waals surface area contributed by atoms with E-state index in [1.54, 1.807) is 44.2 Å². The van der Waals surface area contributed by atoms with Gasteiger partial charge < -0.3 is 30.4 Å². The zero-order valence-electron chi connectivity index (χ0n) is 41.9. The van der Waals surface area contributed by atoms with Crippen LogP contribution >= 0.6 is 0 Å². The summed E-state index contributed by atoms with van der Waals surface area (Å²) < 4.78 is 22.1. The molecule has 3 aliphatic heterocycles. The highest BCUT2D eigenvalue weighted by molar-refractivity contribution is 6.04. The van der Waals surface area contributed by atoms with Gasteiger partial charge in [0.2, 0.25) is 29.5 Å². The third kappa shape index (κ3) is 11.0. The van der Waals surface area contributed by atoms with Crippen molar-refractivity contribution in [1.29, 1.82) is 0 Å². The number of Topliss-reactive ketones (excluding diaryl/α,β-unsaturated/α-hetero) is 3. The Bertz CT molecular complexity index is 3040. The third-order valence-electron chi connectivity index (χ3n) is 14.9. The Morgan fingerprint density at radius 3 is 2.39 bits per heavy atom. The highest BCUT2D eigenvalue weighted by Gasteiger charge is 2.46. The molecular weight excluding hydrogens is 956 g/mol. The number of cyclic esters (lactones) is 1. The van der Waals surface area contributed by atoms with Crippen LogP contribution in [0.3, 0.4) is 0 Å². The normalized spacial score (nSPS) is 18.8. The molecule has 1 unspecified atom stereocenters. The van der Waals surface area contributed by atoms with Gasteiger partial charge in [-0.2, -0.15) is 0 Å². The van der Waals surface area contributed by atoms with Gasteiger partial charge in [0, 0.05) is 85.9 Å². The molecule has 1 aliphatic carbocycles. The number of carbonyl (C=O) groups excluding carboxylic acids is 9. The summed E-state index contributed by atoms with van der Waals surface area (Å²) in [6.07, 6.45) is 1.89. The van der Waals surface area contributed by atoms with Crippen molar-refractivity contribution in [2.24, 2.45) is 11.8 Å². The molecule has 8 rings (SSSR count). The van der Waals surface area contributed by atoms with E-state index < -0.39 is 52.5 Å². The van der Waals surface area contributed by atoms with Gasteiger partial charge in [-0.15, -0.1) is 0 Å². The number of carbonyl (C=O) groups is 9. The Hall–Kier alpha value is -7.28. The summed E-state index contributed by atoms with van der Waals surface area (Å²) in [7, 11) is 0. The van der Waals surface area contributed by atoms with Crippen LogP contribution in [0.2, 0.25) is 0 Å². The van der Waals surface area contributed by atoms with Gasteiger partial charge in [-0.3, -0.25) is 48.1 Å². The summed E-state index contributed by atoms with van der Waals surface area (Å²) in [6.45, 7) is 4.23. The lowest BCUT2D eigenvalue weighted by atomic mass is 9.81. The van der Waals surface area contributed by atoms with Gasteiger partial charge in [0.1, 0.15) is 18.2 Å². The van der Waals surface area contributed by atoms with Gasteiger partial charge in [0.05, 0.1) is 48.1 Å². The molecule has 74 heavy (non-hydrogen) atoms. The van der Waals surface area contributed by atoms with Gasteiger partial charge in [-0.05, 0) is 73.8 Å². The summed E-state index contributed by atoms with van der Waals surface area (Å²) in [5, 5.41) is 20.3. The number of hydrogen-bond donors (Lipinski definition) is 4. The average Bonchev–Trinajstić information content (AvgIpc) is 3.88. The van der Waals surface area contributed by atoms with Crippen molar-refractivity contribution in [3.8, 4) is 11.4 Å². The minimum absolute atomic E-state index is 0.0348. The minimum atomic E-state index is -2.04. The largest absolute Gasteiger partial charge is 0.458 e. The minimum Gasteiger partial charge on any atom is -0.458 e. The predicted molar refractivity (Wildman–Crippen MR) is 265 cm³/mol. The summed E-state index contributed by atoms with van der Waals surface area (Å²) in [4.78, 5) is 136. The van der Waals surface area contributed by atoms with Gasteiger partial charge in [-0.25, -0.2) is 14.2 Å². The van der Waals surface area contributed by atoms with Crippen LogP contribution in [0.5, 0.6) is 0 Å². The van der Waals surface area contributed by atoms with Gasteiger partial charge in [-0.1, -0.05) is 50.6 Å². The molecule has 4 atom stereocenters. The Labute approximate surface area is 426 Å². The number of benzene rings is 2. The zero-order chi connectivity index (χ0) is 53.0. The van der Waals surface area contributed by atoms with Crippen molar-refractivity contribution in [2.45, 2.75) is 135 Å². The van der Waals surface area contributed by atoms with E-state index in [0.29, 0.717) is 58.2 Å². The fraction of sp³-hybridized carbons (Fsp3) is 0.473. The van der Waals surface area contributed by atoms with Gasteiger partial charge in [0.15, 0.2) is 17.2 Å². The number of aromatic nitrogens is 2. The van der Waals surface area contributed by atoms with Crippen molar-refractivity contribution in [2.75, 3.05) is 19.6 Å². The number of fused-ring (bicyclic) bond motifs is 5. The third-order valence-corrected chi connectivity index (χ3v) is 14.9. The molecule has 390 valence electrons. The molecule has 18 nitrogen and oxygen atoms in total. The van der Waals surface area contributed by atoms with Crippen LogP contribution in [0.15, 0.2) is 47.3 Å². The SMILES string of the molecule is CCCC1CC(=O)N(CCC(=O)CCC(=O)NCC(=O)C[C@@H](Cc2ccccc2)C(=O)NCC(=O)CCCC(=O)N[C@H]2CCc3c(C)c(F)cc4nc5c(c2c34)Cn2c-5cc3c(c2=O)COC(=O)[C@]3(O)CC)C1=O. The average molecular weight is 1020 g/mol. The lowest BCUT2D eigenvalue weighted by Crippen LogP contribution is -2.44. The van der Waals surface area contributed by atoms with Crippen LogP contribution in [0.25, 0.3) is 22.3 Å². The number of rotatable bonds is 23. The standard InChI is InChI=1S/C55H61FN6O12/c1-4-10-32-23-47(68)61(52(32)70)20-19-34(63)15-18-45(66)57-27-36(65)22-33(21-31-11-7-6-8-12-31)51(69)58-26-35(64)13-9-14-46(67)59-42-17-16-37-30(3)41(56)25-43-48(37)49(42)38-28-62-44(50(38)60-43)24-40-39(53(62)71)29-74-54(72)55(40,73)5-2/h6-8,11-12,24-25,32-33,42,73H,4-5,9-10,13-23,26-29H2,1-3H3,(H,57,66)(H,58,69)(H,59,67)/t32?,33-,42+,55+/m1/s1. The van der Waals surface area contributed by atoms with Crippen molar-refractivity contribution in [3.05, 3.63) is 97.6 Å². The number of ether oxygens (including phenoxy) is 1. The van der Waals surface area contributed by atoms with Crippen LogP contribution in [-0.2, 0) is 79.5 Å². The fourth-order valence-electron chi connectivity index (χ4n) is 10.8. The van der Waals surface area contributed by atoms with E-state index in [0.717, 1.165) is 22.4 Å². The van der Waals surface area contributed by atoms with E-state index in [4.69, 9.17) is 9.72 Å². The summed E-state index contributed by atoms with van der Waals surface area (Å²) >= 11 is 0. The molecule has 0 bridgehead atoms. The molecule has 0 spiro atoms. The number of aryl methyl sites for hydroxylation is 1. The summed E-state index contributed by atoms with van der Waals surface area (Å²) in [5.74, 6) is -5.66. The van der Waals surface area contributed by atoms with Gasteiger partial charge >= 0.3 is 5.97 Å². The molecule has 4 N–H and O–H groups in total. The number of nitrogens with one attached hydrogen (secondary N) is 3. The number of halogens is 1. The topological polar surface area (TPSA) is 257 Å². The van der Waals surface area contributed by atoms with Crippen LogP contribution < -0.4 is 21.5 Å². The van der Waals surface area contributed by atoms with Gasteiger partial charge in [0.25, 0.3) is 5.56 Å². The molecule has 0 saturated carbocycles. The monoisotopic (exact) mass is 1020 g/mol. The second-order valence-corrected chi connectivity index (χ2v) is 19.8. The van der Waals surface area contributed by atoms with E-state index >= 15 is 4.39 Å². The number of ketones is 3. The van der Waals surface area contributed by atoms with Crippen molar-refractivity contribution >= 4 is 63.8 Å². The van der Waals surface area contributed by atoms with Crippen LogP contribution in [0.4, 0.5) is 4.39 Å². The second kappa shape index (κ2) is 22.5. The maximum Gasteiger partial charge on any atom is 0.343 e. The van der Waals surface area contributed by atoms with E-state index in [9.17, 15) is 53.1 Å². The maximum absolute atomic E-state index is 15.4. The van der Waals surface area contributed by atoms with Crippen LogP contribution in [-0.4, -0.2) is 92.0 Å². The van der Waals surface area contributed by atoms with E-state index in [1.807, 2.05) is 13.0 Å². The number of imide groups is 1. The summed E-state index contributed by atoms with van der Waals surface area (Å²) in [6, 6.07) is 11.3. The predicted octanol–water partition coefficient (Wildman–Crippen LogP) is 4.34. The van der Waals surface area contributed by atoms with Crippen molar-refractivity contribution < 1.29 is 57.4 Å². The highest BCUT2D eigenvalue weighted by Crippen LogP contribution is 2.46. The molecule has 2 aromatic heterocycles. The first-order valence-corrected chi connectivity index (χ1v) is 25.5. The molecule has 2 aromatic carbocycles. The molecular formula is C55H61FN6O12. The summed E-state index contributed by atoms with van der Waals surface area (Å²) in [5.41, 5.74) is 2.19. The Balaban J connectivity index is 0.840. The first-order valence-electron chi connectivity index (χ1n) is 25.5. The number of nitrogens with zero attached hydrogens (tertiary/aromatic N) is 3. The Kier molecular flexibility index (Phi) is 16.1. The lowest BCUT2D eigenvalue weighted by Gasteiger charge is -2.31. The molecule has 19 heteroatoms. The fourth-order valence-corrected chi connectivity index (χ4v) is 10.8. The molecule has 0 radical (unpaired) electrons. The Morgan fingerprint density at radius 2 is 1.65 bits per heavy atom. The number of amides is 5. The molecule has 4 aromatic rings. The van der Waals surface area contributed by atoms with E-state index in [-0.39, 0.29) is 143 Å². The van der Waals surface area contributed by atoms with E-state index in [2.05, 4.69) is 16.0 Å². The second-order valence-electron chi connectivity index (χ2n) is 19.8. The first-order chi connectivity index (χ1) is 35.4. The molecule has 1 saturated heterocycles. The van der Waals surface area contributed by atoms with Crippen molar-refractivity contribution in [1.82, 2.24) is 30.4 Å². The van der Waals surface area contributed by atoms with Crippen molar-refractivity contribution in [3.63, 3.8) is 0 Å². The smallest absolute Gasteiger partial charge is 0.343 e. The van der Waals surface area contributed by atoms with Crippen LogP contribution in [0, 0.1) is 24.6 Å². The van der Waals surface area contributed by atoms with E-state index in [1.165, 1.54) is 10.6 Å².